The molecule has 0 atom stereocenters. The summed E-state index contributed by atoms with van der Waals surface area (Å²) < 4.78 is 34.3. The number of carbonyl (C=O) groups is 2. The van der Waals surface area contributed by atoms with Gasteiger partial charge in [0.25, 0.3) is 5.91 Å². The zero-order chi connectivity index (χ0) is 22.9. The molecule has 2 aromatic carbocycles. The Labute approximate surface area is 188 Å². The molecule has 170 valence electrons. The Bertz CT molecular complexity index is 1160. The summed E-state index contributed by atoms with van der Waals surface area (Å²) >= 11 is 0. The number of nitrogens with one attached hydrogen (secondary N) is 1. The van der Waals surface area contributed by atoms with Crippen LogP contribution in [0.15, 0.2) is 41.3 Å². The van der Waals surface area contributed by atoms with E-state index < -0.39 is 10.0 Å². The lowest BCUT2D eigenvalue weighted by atomic mass is 10.1. The van der Waals surface area contributed by atoms with Crippen molar-refractivity contribution in [3.63, 3.8) is 0 Å². The Morgan fingerprint density at radius 3 is 2.50 bits per heavy atom. The fraction of sp³-hybridized carbons (Fsp3) is 0.391. The molecule has 0 saturated carbocycles. The molecule has 0 spiro atoms. The topological polar surface area (TPSA) is 96.0 Å². The lowest BCUT2D eigenvalue weighted by Gasteiger charge is -2.22. The number of rotatable bonds is 4. The van der Waals surface area contributed by atoms with E-state index in [1.54, 1.807) is 43.3 Å². The normalized spacial score (nSPS) is 16.8. The molecule has 2 aliphatic rings. The summed E-state index contributed by atoms with van der Waals surface area (Å²) in [6.45, 7) is 5.04. The first-order valence-corrected chi connectivity index (χ1v) is 12.1. The number of carbonyl (C=O) groups excluding carboxylic acids is 2. The monoisotopic (exact) mass is 457 g/mol. The van der Waals surface area contributed by atoms with Gasteiger partial charge in [-0.2, -0.15) is 4.31 Å². The number of benzene rings is 2. The van der Waals surface area contributed by atoms with Gasteiger partial charge in [-0.15, -0.1) is 0 Å². The van der Waals surface area contributed by atoms with E-state index >= 15 is 0 Å². The second-order valence-electron chi connectivity index (χ2n) is 8.19. The van der Waals surface area contributed by atoms with Crippen LogP contribution in [0.1, 0.15) is 41.3 Å². The molecule has 9 heteroatoms. The van der Waals surface area contributed by atoms with E-state index in [1.165, 1.54) is 11.2 Å². The van der Waals surface area contributed by atoms with Crippen LogP contribution in [0.25, 0.3) is 0 Å². The molecule has 2 aromatic rings. The van der Waals surface area contributed by atoms with Crippen LogP contribution in [0.2, 0.25) is 0 Å². The summed E-state index contributed by atoms with van der Waals surface area (Å²) in [4.78, 5) is 26.3. The van der Waals surface area contributed by atoms with Gasteiger partial charge in [-0.05, 0) is 55.7 Å². The van der Waals surface area contributed by atoms with Crippen LogP contribution in [0.4, 0.5) is 5.69 Å². The minimum Gasteiger partial charge on any atom is -0.492 e. The van der Waals surface area contributed by atoms with Gasteiger partial charge in [0.05, 0.1) is 5.69 Å². The Morgan fingerprint density at radius 2 is 1.78 bits per heavy atom. The summed E-state index contributed by atoms with van der Waals surface area (Å²) in [6.07, 6.45) is 2.00. The van der Waals surface area contributed by atoms with Crippen LogP contribution in [0, 0.1) is 6.92 Å². The third-order valence-electron chi connectivity index (χ3n) is 5.71. The summed E-state index contributed by atoms with van der Waals surface area (Å²) in [6, 6.07) is 10.1. The average Bonchev–Trinajstić information content (AvgIpc) is 3.20. The van der Waals surface area contributed by atoms with Crippen molar-refractivity contribution >= 4 is 27.5 Å². The second-order valence-corrected chi connectivity index (χ2v) is 10.1. The summed E-state index contributed by atoms with van der Waals surface area (Å²) in [7, 11) is -3.93. The van der Waals surface area contributed by atoms with Crippen LogP contribution in [0.3, 0.4) is 0 Å². The number of nitrogens with zero attached hydrogens (tertiary/aromatic N) is 2. The molecule has 0 aliphatic carbocycles. The minimum atomic E-state index is -3.93. The fourth-order valence-corrected chi connectivity index (χ4v) is 5.72. The zero-order valence-corrected chi connectivity index (χ0v) is 19.1. The van der Waals surface area contributed by atoms with Gasteiger partial charge in [0.15, 0.2) is 0 Å². The van der Waals surface area contributed by atoms with Gasteiger partial charge in [0.2, 0.25) is 15.9 Å². The molecule has 1 N–H and O–H groups in total. The fourth-order valence-electron chi connectivity index (χ4n) is 4.09. The minimum absolute atomic E-state index is 0.0421. The van der Waals surface area contributed by atoms with E-state index in [-0.39, 0.29) is 42.1 Å². The molecule has 2 aliphatic heterocycles. The van der Waals surface area contributed by atoms with E-state index in [4.69, 9.17) is 4.74 Å². The number of ether oxygens (including phenoxy) is 1. The van der Waals surface area contributed by atoms with E-state index in [9.17, 15) is 18.0 Å². The number of amides is 2. The summed E-state index contributed by atoms with van der Waals surface area (Å²) in [5.41, 5.74) is 2.18. The molecule has 0 unspecified atom stereocenters. The smallest absolute Gasteiger partial charge is 0.253 e. The van der Waals surface area contributed by atoms with E-state index in [1.807, 2.05) is 4.90 Å². The van der Waals surface area contributed by atoms with Crippen LogP contribution < -0.4 is 10.1 Å². The number of hydrogen-bond acceptors (Lipinski definition) is 5. The molecular weight excluding hydrogens is 430 g/mol. The third-order valence-corrected chi connectivity index (χ3v) is 7.60. The Hall–Kier alpha value is -2.91. The van der Waals surface area contributed by atoms with E-state index in [0.29, 0.717) is 16.9 Å². The number of hydrogen-bond donors (Lipinski definition) is 1. The maximum Gasteiger partial charge on any atom is 0.253 e. The van der Waals surface area contributed by atoms with Gasteiger partial charge in [0, 0.05) is 44.2 Å². The highest BCUT2D eigenvalue weighted by Gasteiger charge is 2.31. The third kappa shape index (κ3) is 4.49. The second kappa shape index (κ2) is 8.91. The number of anilines is 1. The SMILES string of the molecule is CC(=O)Nc1ccc(C)cc1S(=O)(=O)N1CCOc2ccc(C(=O)N3CCCC3)cc2C1. The van der Waals surface area contributed by atoms with E-state index in [2.05, 4.69) is 5.32 Å². The first-order valence-electron chi connectivity index (χ1n) is 10.7. The van der Waals surface area contributed by atoms with Crippen molar-refractivity contribution in [1.29, 1.82) is 0 Å². The highest BCUT2D eigenvalue weighted by atomic mass is 32.2. The standard InChI is InChI=1S/C23H27N3O5S/c1-16-5-7-20(24-17(2)27)22(13-16)32(29,30)26-11-12-31-21-8-6-18(14-19(21)15-26)23(28)25-9-3-4-10-25/h5-8,13-14H,3-4,9-12,15H2,1-2H3,(H,24,27). The van der Waals surface area contributed by atoms with Crippen molar-refractivity contribution in [1.82, 2.24) is 9.21 Å². The molecule has 2 amide bonds. The Morgan fingerprint density at radius 1 is 1.03 bits per heavy atom. The van der Waals surface area contributed by atoms with Gasteiger partial charge in [-0.3, -0.25) is 9.59 Å². The number of sulfonamides is 1. The van der Waals surface area contributed by atoms with Crippen LogP contribution in [0.5, 0.6) is 5.75 Å². The Kier molecular flexibility index (Phi) is 6.21. The summed E-state index contributed by atoms with van der Waals surface area (Å²) in [5.74, 6) is 0.183. The van der Waals surface area contributed by atoms with E-state index in [0.717, 1.165) is 31.5 Å². The largest absolute Gasteiger partial charge is 0.492 e. The van der Waals surface area contributed by atoms with Gasteiger partial charge in [-0.1, -0.05) is 6.07 Å². The predicted octanol–water partition coefficient (Wildman–Crippen LogP) is 2.77. The van der Waals surface area contributed by atoms with Gasteiger partial charge >= 0.3 is 0 Å². The van der Waals surface area contributed by atoms with Crippen molar-refractivity contribution in [3.8, 4) is 5.75 Å². The van der Waals surface area contributed by atoms with Crippen molar-refractivity contribution < 1.29 is 22.7 Å². The maximum absolute atomic E-state index is 13.6. The van der Waals surface area contributed by atoms with Crippen molar-refractivity contribution in [3.05, 3.63) is 53.1 Å². The molecule has 0 bridgehead atoms. The molecule has 1 fully saturated rings. The van der Waals surface area contributed by atoms with Gasteiger partial charge in [0.1, 0.15) is 17.3 Å². The molecule has 0 aromatic heterocycles. The van der Waals surface area contributed by atoms with Crippen LogP contribution in [-0.4, -0.2) is 55.7 Å². The van der Waals surface area contributed by atoms with Gasteiger partial charge in [-0.25, -0.2) is 8.42 Å². The van der Waals surface area contributed by atoms with Crippen LogP contribution >= 0.6 is 0 Å². The van der Waals surface area contributed by atoms with Crippen molar-refractivity contribution in [2.75, 3.05) is 31.6 Å². The summed E-state index contributed by atoms with van der Waals surface area (Å²) in [5, 5.41) is 2.61. The lowest BCUT2D eigenvalue weighted by molar-refractivity contribution is -0.114. The number of likely N-dealkylation sites (tertiary alicyclic amines) is 1. The Balaban J connectivity index is 1.67. The average molecular weight is 458 g/mol. The highest BCUT2D eigenvalue weighted by Crippen LogP contribution is 2.31. The van der Waals surface area contributed by atoms with Crippen molar-refractivity contribution in [2.45, 2.75) is 38.1 Å². The molecule has 8 nitrogen and oxygen atoms in total. The van der Waals surface area contributed by atoms with Crippen LogP contribution in [-0.2, 0) is 21.4 Å². The van der Waals surface area contributed by atoms with Crippen molar-refractivity contribution in [2.24, 2.45) is 0 Å². The van der Waals surface area contributed by atoms with Gasteiger partial charge < -0.3 is 15.0 Å². The highest BCUT2D eigenvalue weighted by molar-refractivity contribution is 7.89. The first kappa shape index (κ1) is 22.3. The first-order chi connectivity index (χ1) is 15.3. The molecular formula is C23H27N3O5S. The molecule has 0 radical (unpaired) electrons. The molecule has 2 heterocycles. The molecule has 1 saturated heterocycles. The maximum atomic E-state index is 13.6. The quantitative estimate of drug-likeness (QED) is 0.762. The predicted molar refractivity (Wildman–Crippen MR) is 120 cm³/mol. The molecule has 4 rings (SSSR count). The zero-order valence-electron chi connectivity index (χ0n) is 18.3. The number of fused-ring (bicyclic) bond motifs is 1. The number of aryl methyl sites for hydroxylation is 1. The lowest BCUT2D eigenvalue weighted by Crippen LogP contribution is -2.33. The molecule has 32 heavy (non-hydrogen) atoms.